The molecule has 0 spiro atoms. The van der Waals surface area contributed by atoms with Crippen LogP contribution in [0, 0.1) is 0 Å². The van der Waals surface area contributed by atoms with E-state index >= 15 is 0 Å². The van der Waals surface area contributed by atoms with Crippen molar-refractivity contribution in [3.8, 4) is 0 Å². The van der Waals surface area contributed by atoms with Crippen LogP contribution in [0.1, 0.15) is 29.1 Å². The van der Waals surface area contributed by atoms with Crippen molar-refractivity contribution >= 4 is 33.1 Å². The molecule has 2 N–H and O–H groups in total. The van der Waals surface area contributed by atoms with E-state index in [-0.39, 0.29) is 17.9 Å². The Morgan fingerprint density at radius 3 is 2.83 bits per heavy atom. The van der Waals surface area contributed by atoms with Crippen molar-refractivity contribution in [1.29, 1.82) is 0 Å². The van der Waals surface area contributed by atoms with E-state index in [1.165, 1.54) is 11.3 Å². The highest BCUT2D eigenvalue weighted by Crippen LogP contribution is 2.29. The topological polar surface area (TPSA) is 87.7 Å². The Labute approximate surface area is 141 Å². The maximum Gasteiger partial charge on any atom is 0.272 e. The summed E-state index contributed by atoms with van der Waals surface area (Å²) in [6.45, 7) is 0. The molecule has 0 radical (unpaired) electrons. The summed E-state index contributed by atoms with van der Waals surface area (Å²) in [5.41, 5.74) is 1.43. The van der Waals surface area contributed by atoms with E-state index in [1.807, 2.05) is 12.1 Å². The molecule has 1 amide bonds. The van der Waals surface area contributed by atoms with Crippen molar-refractivity contribution in [2.75, 3.05) is 5.32 Å². The third kappa shape index (κ3) is 2.82. The molecule has 7 heteroatoms. The third-order valence-electron chi connectivity index (χ3n) is 4.20. The Kier molecular flexibility index (Phi) is 3.86. The van der Waals surface area contributed by atoms with Crippen molar-refractivity contribution in [1.82, 2.24) is 15.2 Å². The molecule has 0 bridgehead atoms. The number of rotatable bonds is 3. The molecule has 1 aliphatic rings. The summed E-state index contributed by atoms with van der Waals surface area (Å²) in [6, 6.07) is 7.16. The Hall–Kier alpha value is -2.54. The number of carbonyl (C=O) groups excluding carboxylic acids is 1. The lowest BCUT2D eigenvalue weighted by Gasteiger charge is -2.06. The van der Waals surface area contributed by atoms with E-state index in [1.54, 1.807) is 23.5 Å². The van der Waals surface area contributed by atoms with E-state index in [2.05, 4.69) is 20.5 Å². The standard InChI is InChI=1S/C17H16N4O2S/c22-15(19-17-18-12-7-3-4-8-14(12)24-17)9-13-10-5-1-2-6-11(10)16(23)21-20-13/h1-2,5-6H,3-4,7-9H2,(H,21,23)(H,18,19,22). The van der Waals surface area contributed by atoms with Gasteiger partial charge in [-0.05, 0) is 31.7 Å². The number of aromatic amines is 1. The van der Waals surface area contributed by atoms with Crippen molar-refractivity contribution in [3.05, 3.63) is 50.9 Å². The summed E-state index contributed by atoms with van der Waals surface area (Å²) in [6.07, 6.45) is 4.50. The quantitative estimate of drug-likeness (QED) is 0.766. The van der Waals surface area contributed by atoms with Crippen LogP contribution >= 0.6 is 11.3 Å². The molecule has 122 valence electrons. The number of aromatic nitrogens is 3. The number of H-pyrrole nitrogens is 1. The fourth-order valence-corrected chi connectivity index (χ4v) is 4.09. The first-order chi connectivity index (χ1) is 11.7. The fraction of sp³-hybridized carbons (Fsp3) is 0.294. The maximum atomic E-state index is 12.3. The van der Waals surface area contributed by atoms with Gasteiger partial charge in [-0.3, -0.25) is 9.59 Å². The van der Waals surface area contributed by atoms with Crippen molar-refractivity contribution in [2.24, 2.45) is 0 Å². The SMILES string of the molecule is O=C(Cc1n[nH]c(=O)c2ccccc12)Nc1nc2c(s1)CCCC2. The minimum absolute atomic E-state index is 0.0987. The molecule has 1 aromatic carbocycles. The van der Waals surface area contributed by atoms with Gasteiger partial charge in [-0.15, -0.1) is 11.3 Å². The smallest absolute Gasteiger partial charge is 0.272 e. The van der Waals surface area contributed by atoms with Gasteiger partial charge < -0.3 is 5.32 Å². The zero-order valence-corrected chi connectivity index (χ0v) is 13.8. The molecule has 0 unspecified atom stereocenters. The van der Waals surface area contributed by atoms with Crippen LogP contribution in [0.4, 0.5) is 5.13 Å². The van der Waals surface area contributed by atoms with E-state index in [4.69, 9.17) is 0 Å². The van der Waals surface area contributed by atoms with Gasteiger partial charge in [-0.25, -0.2) is 10.1 Å². The number of aryl methyl sites for hydroxylation is 2. The molecule has 0 aliphatic heterocycles. The lowest BCUT2D eigenvalue weighted by molar-refractivity contribution is -0.115. The number of nitrogens with zero attached hydrogens (tertiary/aromatic N) is 2. The number of carbonyl (C=O) groups is 1. The van der Waals surface area contributed by atoms with Gasteiger partial charge in [0.1, 0.15) is 0 Å². The highest BCUT2D eigenvalue weighted by Gasteiger charge is 2.17. The Bertz CT molecular complexity index is 953. The first-order valence-corrected chi connectivity index (χ1v) is 8.77. The van der Waals surface area contributed by atoms with Crippen LogP contribution in [0.2, 0.25) is 0 Å². The maximum absolute atomic E-state index is 12.3. The molecule has 1 aliphatic carbocycles. The Morgan fingerprint density at radius 2 is 2.00 bits per heavy atom. The summed E-state index contributed by atoms with van der Waals surface area (Å²) < 4.78 is 0. The van der Waals surface area contributed by atoms with E-state index in [0.29, 0.717) is 21.6 Å². The summed E-state index contributed by atoms with van der Waals surface area (Å²) in [5.74, 6) is -0.175. The van der Waals surface area contributed by atoms with Crippen LogP contribution < -0.4 is 10.9 Å². The molecule has 6 nitrogen and oxygen atoms in total. The highest BCUT2D eigenvalue weighted by molar-refractivity contribution is 7.15. The number of amides is 1. The van der Waals surface area contributed by atoms with Gasteiger partial charge in [0, 0.05) is 10.3 Å². The van der Waals surface area contributed by atoms with Crippen molar-refractivity contribution < 1.29 is 4.79 Å². The first-order valence-electron chi connectivity index (χ1n) is 7.95. The molecule has 24 heavy (non-hydrogen) atoms. The number of nitrogens with one attached hydrogen (secondary N) is 2. The summed E-state index contributed by atoms with van der Waals surface area (Å²) in [4.78, 5) is 29.9. The second-order valence-electron chi connectivity index (χ2n) is 5.87. The zero-order valence-electron chi connectivity index (χ0n) is 13.0. The fourth-order valence-electron chi connectivity index (χ4n) is 3.03. The molecular formula is C17H16N4O2S. The van der Waals surface area contributed by atoms with E-state index < -0.39 is 0 Å². The average molecular weight is 340 g/mol. The Balaban J connectivity index is 1.55. The van der Waals surface area contributed by atoms with Gasteiger partial charge >= 0.3 is 0 Å². The molecule has 4 rings (SSSR count). The predicted molar refractivity (Wildman–Crippen MR) is 93.5 cm³/mol. The Morgan fingerprint density at radius 1 is 1.21 bits per heavy atom. The van der Waals surface area contributed by atoms with Crippen LogP contribution in [0.25, 0.3) is 10.8 Å². The van der Waals surface area contributed by atoms with E-state index in [0.717, 1.165) is 25.0 Å². The van der Waals surface area contributed by atoms with Crippen LogP contribution in [0.15, 0.2) is 29.1 Å². The summed E-state index contributed by atoms with van der Waals surface area (Å²) in [7, 11) is 0. The van der Waals surface area contributed by atoms with E-state index in [9.17, 15) is 9.59 Å². The largest absolute Gasteiger partial charge is 0.302 e. The molecule has 0 saturated carbocycles. The molecule has 2 heterocycles. The molecule has 0 saturated heterocycles. The highest BCUT2D eigenvalue weighted by atomic mass is 32.1. The van der Waals surface area contributed by atoms with Gasteiger partial charge in [-0.1, -0.05) is 18.2 Å². The number of anilines is 1. The minimum Gasteiger partial charge on any atom is -0.302 e. The normalized spacial score (nSPS) is 13.7. The second kappa shape index (κ2) is 6.16. The minimum atomic E-state index is -0.248. The first kappa shape index (κ1) is 15.0. The van der Waals surface area contributed by atoms with Crippen LogP contribution in [0.3, 0.4) is 0 Å². The molecule has 0 fully saturated rings. The molecule has 3 aromatic rings. The van der Waals surface area contributed by atoms with Crippen LogP contribution in [0.5, 0.6) is 0 Å². The third-order valence-corrected chi connectivity index (χ3v) is 5.27. The lowest BCUT2D eigenvalue weighted by Crippen LogP contribution is -2.18. The number of thiazole rings is 1. The number of hydrogen-bond acceptors (Lipinski definition) is 5. The number of fused-ring (bicyclic) bond motifs is 2. The lowest BCUT2D eigenvalue weighted by atomic mass is 10.0. The molecule has 0 atom stereocenters. The summed E-state index contributed by atoms with van der Waals surface area (Å²) in [5, 5.41) is 11.3. The van der Waals surface area contributed by atoms with Crippen LogP contribution in [-0.2, 0) is 24.1 Å². The van der Waals surface area contributed by atoms with Gasteiger partial charge in [0.05, 0.1) is 23.2 Å². The number of benzene rings is 1. The van der Waals surface area contributed by atoms with Crippen LogP contribution in [-0.4, -0.2) is 21.1 Å². The average Bonchev–Trinajstić information content (AvgIpc) is 3.00. The van der Waals surface area contributed by atoms with Gasteiger partial charge in [0.15, 0.2) is 5.13 Å². The van der Waals surface area contributed by atoms with Crippen molar-refractivity contribution in [3.63, 3.8) is 0 Å². The summed E-state index contributed by atoms with van der Waals surface area (Å²) >= 11 is 1.56. The molecular weight excluding hydrogens is 324 g/mol. The zero-order chi connectivity index (χ0) is 16.5. The second-order valence-corrected chi connectivity index (χ2v) is 6.95. The van der Waals surface area contributed by atoms with Gasteiger partial charge in [-0.2, -0.15) is 5.10 Å². The van der Waals surface area contributed by atoms with Gasteiger partial charge in [0.2, 0.25) is 5.91 Å². The number of hydrogen-bond donors (Lipinski definition) is 2. The van der Waals surface area contributed by atoms with Crippen molar-refractivity contribution in [2.45, 2.75) is 32.1 Å². The monoisotopic (exact) mass is 340 g/mol. The predicted octanol–water partition coefficient (Wildman–Crippen LogP) is 2.44. The molecule has 2 aromatic heterocycles. The van der Waals surface area contributed by atoms with Gasteiger partial charge in [0.25, 0.3) is 5.56 Å².